The smallest absolute Gasteiger partial charge is 0.0747 e. The van der Waals surface area contributed by atoms with Gasteiger partial charge in [-0.1, -0.05) is 32.9 Å². The Hall–Kier alpha value is -1.49. The van der Waals surface area contributed by atoms with Crippen LogP contribution in [0.15, 0.2) is 18.2 Å². The second-order valence-corrected chi connectivity index (χ2v) is 6.53. The molecule has 0 spiro atoms. The number of benzene rings is 1. The first kappa shape index (κ1) is 13.0. The Labute approximate surface area is 110 Å². The SMILES string of the molecule is Cc1cc(C(C)(C)C)ccc1NCC1(C#N)CC1. The summed E-state index contributed by atoms with van der Waals surface area (Å²) >= 11 is 0. The van der Waals surface area contributed by atoms with E-state index in [2.05, 4.69) is 57.3 Å². The number of nitriles is 1. The fourth-order valence-electron chi connectivity index (χ4n) is 2.07. The van der Waals surface area contributed by atoms with E-state index in [-0.39, 0.29) is 10.8 Å². The molecule has 2 heteroatoms. The molecule has 1 aromatic carbocycles. The van der Waals surface area contributed by atoms with Gasteiger partial charge >= 0.3 is 0 Å². The van der Waals surface area contributed by atoms with Gasteiger partial charge in [0.05, 0.1) is 11.5 Å². The second-order valence-electron chi connectivity index (χ2n) is 6.53. The minimum atomic E-state index is -0.0882. The summed E-state index contributed by atoms with van der Waals surface area (Å²) in [5, 5.41) is 12.5. The summed E-state index contributed by atoms with van der Waals surface area (Å²) in [5.74, 6) is 0. The molecule has 0 radical (unpaired) electrons. The molecular weight excluding hydrogens is 220 g/mol. The van der Waals surface area contributed by atoms with Gasteiger partial charge in [0.25, 0.3) is 0 Å². The van der Waals surface area contributed by atoms with E-state index in [1.807, 2.05) is 0 Å². The molecule has 2 rings (SSSR count). The van der Waals surface area contributed by atoms with Gasteiger partial charge < -0.3 is 5.32 Å². The van der Waals surface area contributed by atoms with E-state index in [4.69, 9.17) is 5.26 Å². The molecule has 2 nitrogen and oxygen atoms in total. The van der Waals surface area contributed by atoms with Crippen LogP contribution >= 0.6 is 0 Å². The molecular formula is C16H22N2. The van der Waals surface area contributed by atoms with Gasteiger partial charge in [0.1, 0.15) is 0 Å². The molecule has 0 heterocycles. The quantitative estimate of drug-likeness (QED) is 0.869. The molecule has 0 aliphatic heterocycles. The van der Waals surface area contributed by atoms with Crippen molar-refractivity contribution >= 4 is 5.69 Å². The lowest BCUT2D eigenvalue weighted by atomic mass is 9.86. The molecule has 0 atom stereocenters. The van der Waals surface area contributed by atoms with Crippen LogP contribution in [0.4, 0.5) is 5.69 Å². The summed E-state index contributed by atoms with van der Waals surface area (Å²) in [6, 6.07) is 8.98. The molecule has 1 saturated carbocycles. The van der Waals surface area contributed by atoms with Crippen LogP contribution in [0.3, 0.4) is 0 Å². The molecule has 1 N–H and O–H groups in total. The van der Waals surface area contributed by atoms with Crippen LogP contribution in [0.25, 0.3) is 0 Å². The molecule has 0 aromatic heterocycles. The van der Waals surface area contributed by atoms with Crippen molar-refractivity contribution in [1.82, 2.24) is 0 Å². The summed E-state index contributed by atoms with van der Waals surface area (Å²) in [7, 11) is 0. The van der Waals surface area contributed by atoms with Gasteiger partial charge in [-0.25, -0.2) is 0 Å². The van der Waals surface area contributed by atoms with Crippen molar-refractivity contribution in [3.8, 4) is 6.07 Å². The fraction of sp³-hybridized carbons (Fsp3) is 0.562. The number of nitrogens with zero attached hydrogens (tertiary/aromatic N) is 1. The molecule has 0 saturated heterocycles. The maximum atomic E-state index is 9.06. The van der Waals surface area contributed by atoms with Crippen molar-refractivity contribution in [3.63, 3.8) is 0 Å². The minimum absolute atomic E-state index is 0.0882. The van der Waals surface area contributed by atoms with E-state index >= 15 is 0 Å². The zero-order chi connectivity index (χ0) is 13.4. The number of anilines is 1. The van der Waals surface area contributed by atoms with Crippen molar-refractivity contribution < 1.29 is 0 Å². The van der Waals surface area contributed by atoms with E-state index < -0.39 is 0 Å². The maximum Gasteiger partial charge on any atom is 0.0747 e. The lowest BCUT2D eigenvalue weighted by molar-refractivity contribution is 0.590. The highest BCUT2D eigenvalue weighted by Crippen LogP contribution is 2.44. The Morgan fingerprint density at radius 2 is 2.00 bits per heavy atom. The second kappa shape index (κ2) is 4.31. The van der Waals surface area contributed by atoms with Gasteiger partial charge in [0.2, 0.25) is 0 Å². The van der Waals surface area contributed by atoms with Crippen LogP contribution in [-0.4, -0.2) is 6.54 Å². The largest absolute Gasteiger partial charge is 0.383 e. The number of rotatable bonds is 3. The third-order valence-corrected chi connectivity index (χ3v) is 3.80. The van der Waals surface area contributed by atoms with Crippen LogP contribution in [-0.2, 0) is 5.41 Å². The van der Waals surface area contributed by atoms with E-state index in [0.717, 1.165) is 25.1 Å². The topological polar surface area (TPSA) is 35.8 Å². The lowest BCUT2D eigenvalue weighted by Crippen LogP contribution is -2.15. The first-order valence-electron chi connectivity index (χ1n) is 6.63. The van der Waals surface area contributed by atoms with E-state index in [9.17, 15) is 0 Å². The van der Waals surface area contributed by atoms with Crippen molar-refractivity contribution in [2.45, 2.75) is 46.0 Å². The number of aryl methyl sites for hydroxylation is 1. The molecule has 1 fully saturated rings. The summed E-state index contributed by atoms with van der Waals surface area (Å²) < 4.78 is 0. The van der Waals surface area contributed by atoms with Gasteiger partial charge in [-0.2, -0.15) is 5.26 Å². The van der Waals surface area contributed by atoms with E-state index in [1.165, 1.54) is 11.1 Å². The normalized spacial score (nSPS) is 17.1. The van der Waals surface area contributed by atoms with Gasteiger partial charge in [-0.05, 0) is 42.4 Å². The van der Waals surface area contributed by atoms with Crippen LogP contribution < -0.4 is 5.32 Å². The Morgan fingerprint density at radius 1 is 1.33 bits per heavy atom. The third-order valence-electron chi connectivity index (χ3n) is 3.80. The summed E-state index contributed by atoms with van der Waals surface area (Å²) in [6.07, 6.45) is 2.07. The van der Waals surface area contributed by atoms with Crippen LogP contribution in [0.2, 0.25) is 0 Å². The van der Waals surface area contributed by atoms with Gasteiger partial charge in [-0.15, -0.1) is 0 Å². The highest BCUT2D eigenvalue weighted by atomic mass is 14.9. The Balaban J connectivity index is 2.09. The van der Waals surface area contributed by atoms with Gasteiger partial charge in [0, 0.05) is 12.2 Å². The molecule has 1 aliphatic carbocycles. The third kappa shape index (κ3) is 2.67. The molecule has 1 aromatic rings. The average molecular weight is 242 g/mol. The van der Waals surface area contributed by atoms with Crippen molar-refractivity contribution in [2.75, 3.05) is 11.9 Å². The zero-order valence-electron chi connectivity index (χ0n) is 11.8. The molecule has 0 unspecified atom stereocenters. The minimum Gasteiger partial charge on any atom is -0.383 e. The molecule has 18 heavy (non-hydrogen) atoms. The lowest BCUT2D eigenvalue weighted by Gasteiger charge is -2.21. The zero-order valence-corrected chi connectivity index (χ0v) is 11.8. The van der Waals surface area contributed by atoms with Crippen LogP contribution in [0, 0.1) is 23.7 Å². The molecule has 96 valence electrons. The predicted octanol–water partition coefficient (Wildman–Crippen LogP) is 4.01. The predicted molar refractivity (Wildman–Crippen MR) is 75.6 cm³/mol. The monoisotopic (exact) mass is 242 g/mol. The van der Waals surface area contributed by atoms with E-state index in [1.54, 1.807) is 0 Å². The number of hydrogen-bond donors (Lipinski definition) is 1. The summed E-state index contributed by atoms with van der Waals surface area (Å²) in [5.41, 5.74) is 3.87. The maximum absolute atomic E-state index is 9.06. The van der Waals surface area contributed by atoms with Crippen LogP contribution in [0.1, 0.15) is 44.7 Å². The van der Waals surface area contributed by atoms with Crippen molar-refractivity contribution in [1.29, 1.82) is 5.26 Å². The standard InChI is InChI=1S/C16H22N2/c1-12-9-13(15(2,3)4)5-6-14(12)18-11-16(10-17)7-8-16/h5-6,9,18H,7-8,11H2,1-4H3. The molecule has 0 amide bonds. The van der Waals surface area contributed by atoms with Crippen LogP contribution in [0.5, 0.6) is 0 Å². The number of hydrogen-bond acceptors (Lipinski definition) is 2. The first-order chi connectivity index (χ1) is 8.36. The average Bonchev–Trinajstić information content (AvgIpc) is 3.07. The summed E-state index contributed by atoms with van der Waals surface area (Å²) in [6.45, 7) is 9.58. The molecule has 1 aliphatic rings. The highest BCUT2D eigenvalue weighted by Gasteiger charge is 2.42. The summed E-state index contributed by atoms with van der Waals surface area (Å²) in [4.78, 5) is 0. The number of nitrogens with one attached hydrogen (secondary N) is 1. The van der Waals surface area contributed by atoms with Gasteiger partial charge in [-0.3, -0.25) is 0 Å². The van der Waals surface area contributed by atoms with Gasteiger partial charge in [0.15, 0.2) is 0 Å². The Kier molecular flexibility index (Phi) is 3.11. The first-order valence-corrected chi connectivity index (χ1v) is 6.63. The fourth-order valence-corrected chi connectivity index (χ4v) is 2.07. The van der Waals surface area contributed by atoms with E-state index in [0.29, 0.717) is 0 Å². The van der Waals surface area contributed by atoms with Crippen molar-refractivity contribution in [3.05, 3.63) is 29.3 Å². The Morgan fingerprint density at radius 3 is 2.44 bits per heavy atom. The van der Waals surface area contributed by atoms with Crippen molar-refractivity contribution in [2.24, 2.45) is 5.41 Å². The Bertz CT molecular complexity index is 485. The highest BCUT2D eigenvalue weighted by molar-refractivity contribution is 5.53. The molecule has 0 bridgehead atoms.